The van der Waals surface area contributed by atoms with Crippen LogP contribution in [0.1, 0.15) is 37.3 Å². The molecule has 0 spiro atoms. The molecule has 1 aliphatic rings. The first kappa shape index (κ1) is 25.3. The number of piperidine rings is 1. The van der Waals surface area contributed by atoms with Gasteiger partial charge in [-0.2, -0.15) is 0 Å². The molecule has 170 valence electrons. The van der Waals surface area contributed by atoms with Gasteiger partial charge in [0.1, 0.15) is 0 Å². The number of rotatable bonds is 8. The van der Waals surface area contributed by atoms with Gasteiger partial charge in [0.15, 0.2) is 17.5 Å². The van der Waals surface area contributed by atoms with E-state index in [1.807, 2.05) is 25.1 Å². The van der Waals surface area contributed by atoms with Crippen molar-refractivity contribution in [1.29, 1.82) is 0 Å². The molecule has 31 heavy (non-hydrogen) atoms. The van der Waals surface area contributed by atoms with E-state index in [2.05, 4.69) is 44.8 Å². The Kier molecular flexibility index (Phi) is 10.9. The molecule has 1 fully saturated rings. The number of likely N-dealkylation sites (tertiary alicyclic amines) is 1. The summed E-state index contributed by atoms with van der Waals surface area (Å²) in [6.07, 6.45) is 3.98. The van der Waals surface area contributed by atoms with Crippen LogP contribution in [0.25, 0.3) is 0 Å². The number of halogens is 1. The summed E-state index contributed by atoms with van der Waals surface area (Å²) in [5.74, 6) is 2.15. The molecule has 1 saturated heterocycles. The maximum absolute atomic E-state index is 5.59. The largest absolute Gasteiger partial charge is 0.493 e. The van der Waals surface area contributed by atoms with E-state index < -0.39 is 0 Å². The Bertz CT molecular complexity index is 838. The van der Waals surface area contributed by atoms with Crippen molar-refractivity contribution in [3.05, 3.63) is 53.6 Å². The summed E-state index contributed by atoms with van der Waals surface area (Å²) in [5, 5.41) is 6.77. The first-order chi connectivity index (χ1) is 14.7. The SMILES string of the molecule is CCOc1ccc(NC(=NC)NCc2ccccc2CN2CCCCC2)cc1OC.I. The molecule has 0 aliphatic carbocycles. The van der Waals surface area contributed by atoms with Crippen molar-refractivity contribution in [2.45, 2.75) is 39.3 Å². The maximum Gasteiger partial charge on any atom is 0.195 e. The van der Waals surface area contributed by atoms with Crippen molar-refractivity contribution in [2.24, 2.45) is 4.99 Å². The smallest absolute Gasteiger partial charge is 0.195 e. The number of guanidine groups is 1. The molecular weight excluding hydrogens is 503 g/mol. The van der Waals surface area contributed by atoms with E-state index in [-0.39, 0.29) is 24.0 Å². The predicted molar refractivity (Wildman–Crippen MR) is 139 cm³/mol. The molecule has 0 radical (unpaired) electrons. The van der Waals surface area contributed by atoms with E-state index in [0.717, 1.165) is 24.5 Å². The molecule has 0 unspecified atom stereocenters. The van der Waals surface area contributed by atoms with Crippen LogP contribution in [0.15, 0.2) is 47.5 Å². The molecule has 0 atom stereocenters. The molecule has 1 heterocycles. The summed E-state index contributed by atoms with van der Waals surface area (Å²) in [6, 6.07) is 14.4. The number of ether oxygens (including phenoxy) is 2. The molecule has 2 N–H and O–H groups in total. The molecule has 7 heteroatoms. The van der Waals surface area contributed by atoms with Crippen LogP contribution in [-0.2, 0) is 13.1 Å². The van der Waals surface area contributed by atoms with Gasteiger partial charge in [-0.05, 0) is 56.1 Å². The fraction of sp³-hybridized carbons (Fsp3) is 0.458. The number of aliphatic imine (C=N–C) groups is 1. The zero-order chi connectivity index (χ0) is 21.2. The quantitative estimate of drug-likeness (QED) is 0.285. The summed E-state index contributed by atoms with van der Waals surface area (Å²) < 4.78 is 11.0. The second-order valence-electron chi connectivity index (χ2n) is 7.45. The van der Waals surface area contributed by atoms with Crippen molar-refractivity contribution in [1.82, 2.24) is 10.2 Å². The average Bonchev–Trinajstić information content (AvgIpc) is 2.79. The van der Waals surface area contributed by atoms with Crippen molar-refractivity contribution in [3.8, 4) is 11.5 Å². The van der Waals surface area contributed by atoms with E-state index in [4.69, 9.17) is 9.47 Å². The molecular formula is C24H35IN4O2. The van der Waals surface area contributed by atoms with E-state index in [0.29, 0.717) is 18.3 Å². The highest BCUT2D eigenvalue weighted by Crippen LogP contribution is 2.30. The lowest BCUT2D eigenvalue weighted by Gasteiger charge is -2.27. The van der Waals surface area contributed by atoms with Crippen LogP contribution in [0, 0.1) is 0 Å². The molecule has 0 aromatic heterocycles. The second-order valence-corrected chi connectivity index (χ2v) is 7.45. The van der Waals surface area contributed by atoms with Gasteiger partial charge in [-0.1, -0.05) is 30.7 Å². The van der Waals surface area contributed by atoms with Crippen LogP contribution in [0.4, 0.5) is 5.69 Å². The lowest BCUT2D eigenvalue weighted by atomic mass is 10.0. The van der Waals surface area contributed by atoms with E-state index in [9.17, 15) is 0 Å². The Labute approximate surface area is 203 Å². The van der Waals surface area contributed by atoms with Gasteiger partial charge in [0.25, 0.3) is 0 Å². The monoisotopic (exact) mass is 538 g/mol. The zero-order valence-corrected chi connectivity index (χ0v) is 21.1. The highest BCUT2D eigenvalue weighted by molar-refractivity contribution is 14.0. The molecule has 0 bridgehead atoms. The first-order valence-electron chi connectivity index (χ1n) is 10.8. The predicted octanol–water partition coefficient (Wildman–Crippen LogP) is 4.89. The lowest BCUT2D eigenvalue weighted by molar-refractivity contribution is 0.220. The van der Waals surface area contributed by atoms with Gasteiger partial charge in [-0.3, -0.25) is 9.89 Å². The topological polar surface area (TPSA) is 58.1 Å². The third kappa shape index (κ3) is 7.57. The van der Waals surface area contributed by atoms with Crippen LogP contribution in [0.5, 0.6) is 11.5 Å². The van der Waals surface area contributed by atoms with Crippen LogP contribution in [-0.4, -0.2) is 44.7 Å². The first-order valence-corrected chi connectivity index (χ1v) is 10.8. The highest BCUT2D eigenvalue weighted by Gasteiger charge is 2.13. The Morgan fingerprint density at radius 3 is 2.45 bits per heavy atom. The summed E-state index contributed by atoms with van der Waals surface area (Å²) in [4.78, 5) is 6.93. The molecule has 6 nitrogen and oxygen atoms in total. The minimum absolute atomic E-state index is 0. The zero-order valence-electron chi connectivity index (χ0n) is 18.8. The second kappa shape index (κ2) is 13.4. The third-order valence-electron chi connectivity index (χ3n) is 5.36. The van der Waals surface area contributed by atoms with Crippen LogP contribution < -0.4 is 20.1 Å². The number of nitrogens with one attached hydrogen (secondary N) is 2. The van der Waals surface area contributed by atoms with Gasteiger partial charge in [0, 0.05) is 31.9 Å². The van der Waals surface area contributed by atoms with Gasteiger partial charge >= 0.3 is 0 Å². The summed E-state index contributed by atoms with van der Waals surface area (Å²) in [5.41, 5.74) is 3.57. The number of anilines is 1. The van der Waals surface area contributed by atoms with E-state index in [1.54, 1.807) is 14.2 Å². The minimum Gasteiger partial charge on any atom is -0.493 e. The van der Waals surface area contributed by atoms with E-state index in [1.165, 1.54) is 43.5 Å². The normalized spacial score (nSPS) is 14.5. The fourth-order valence-corrected chi connectivity index (χ4v) is 3.76. The van der Waals surface area contributed by atoms with Gasteiger partial charge in [0.2, 0.25) is 0 Å². The fourth-order valence-electron chi connectivity index (χ4n) is 3.76. The molecule has 0 saturated carbocycles. The maximum atomic E-state index is 5.59. The van der Waals surface area contributed by atoms with Crippen molar-refractivity contribution < 1.29 is 9.47 Å². The molecule has 1 aliphatic heterocycles. The van der Waals surface area contributed by atoms with Crippen molar-refractivity contribution in [3.63, 3.8) is 0 Å². The Morgan fingerprint density at radius 1 is 1.03 bits per heavy atom. The lowest BCUT2D eigenvalue weighted by Crippen LogP contribution is -2.32. The third-order valence-corrected chi connectivity index (χ3v) is 5.36. The minimum atomic E-state index is 0. The summed E-state index contributed by atoms with van der Waals surface area (Å²) in [6.45, 7) is 6.69. The van der Waals surface area contributed by atoms with Gasteiger partial charge in [-0.15, -0.1) is 24.0 Å². The van der Waals surface area contributed by atoms with Gasteiger partial charge < -0.3 is 20.1 Å². The number of benzene rings is 2. The summed E-state index contributed by atoms with van der Waals surface area (Å²) in [7, 11) is 3.43. The van der Waals surface area contributed by atoms with Gasteiger partial charge in [0.05, 0.1) is 13.7 Å². The molecule has 0 amide bonds. The van der Waals surface area contributed by atoms with E-state index >= 15 is 0 Å². The average molecular weight is 538 g/mol. The highest BCUT2D eigenvalue weighted by atomic mass is 127. The van der Waals surface area contributed by atoms with Crippen molar-refractivity contribution >= 4 is 35.6 Å². The van der Waals surface area contributed by atoms with Crippen LogP contribution >= 0.6 is 24.0 Å². The molecule has 2 aromatic rings. The summed E-state index contributed by atoms with van der Waals surface area (Å²) >= 11 is 0. The van der Waals surface area contributed by atoms with Crippen LogP contribution in [0.2, 0.25) is 0 Å². The standard InChI is InChI=1S/C24H34N4O2.HI/c1-4-30-22-13-12-21(16-23(22)29-3)27-24(25-2)26-17-19-10-6-7-11-20(19)18-28-14-8-5-9-15-28;/h6-7,10-13,16H,4-5,8-9,14-15,17-18H2,1-3H3,(H2,25,26,27);1H. The molecule has 2 aromatic carbocycles. The number of hydrogen-bond acceptors (Lipinski definition) is 4. The van der Waals surface area contributed by atoms with Gasteiger partial charge in [-0.25, -0.2) is 0 Å². The molecule has 3 rings (SSSR count). The Hall–Kier alpha value is -2.00. The number of nitrogens with zero attached hydrogens (tertiary/aromatic N) is 2. The Morgan fingerprint density at radius 2 is 1.77 bits per heavy atom. The number of hydrogen-bond donors (Lipinski definition) is 2. The van der Waals surface area contributed by atoms with Crippen molar-refractivity contribution in [2.75, 3.05) is 39.2 Å². The van der Waals surface area contributed by atoms with Crippen LogP contribution in [0.3, 0.4) is 0 Å². The Balaban J connectivity index is 0.00000341. The number of methoxy groups -OCH3 is 1.